The second kappa shape index (κ2) is 4.88. The molecular formula is C17H24N2O. The van der Waals surface area contributed by atoms with Crippen molar-refractivity contribution in [1.29, 1.82) is 0 Å². The van der Waals surface area contributed by atoms with Gasteiger partial charge >= 0.3 is 0 Å². The molecule has 2 aliphatic rings. The fourth-order valence-electron chi connectivity index (χ4n) is 3.19. The van der Waals surface area contributed by atoms with Crippen molar-refractivity contribution in [2.24, 2.45) is 11.8 Å². The minimum Gasteiger partial charge on any atom is -0.321 e. The van der Waals surface area contributed by atoms with E-state index in [1.807, 2.05) is 6.92 Å². The zero-order chi connectivity index (χ0) is 14.4. The zero-order valence-corrected chi connectivity index (χ0v) is 12.8. The van der Waals surface area contributed by atoms with Gasteiger partial charge in [0.05, 0.1) is 6.04 Å². The number of amides is 1. The Morgan fingerprint density at radius 3 is 2.65 bits per heavy atom. The number of nitrogens with one attached hydrogen (secondary N) is 1. The summed E-state index contributed by atoms with van der Waals surface area (Å²) in [5.41, 5.74) is 3.75. The van der Waals surface area contributed by atoms with E-state index in [1.54, 1.807) is 0 Å². The highest BCUT2D eigenvalue weighted by Gasteiger charge is 2.42. The van der Waals surface area contributed by atoms with Crippen LogP contribution in [0.3, 0.4) is 0 Å². The molecule has 0 radical (unpaired) electrons. The molecule has 20 heavy (non-hydrogen) atoms. The van der Waals surface area contributed by atoms with Gasteiger partial charge in [-0.3, -0.25) is 10.1 Å². The second-order valence-electron chi connectivity index (χ2n) is 6.61. The van der Waals surface area contributed by atoms with Crippen molar-refractivity contribution in [3.63, 3.8) is 0 Å². The number of nitrogens with zero attached hydrogens (tertiary/aromatic N) is 1. The first-order valence-electron chi connectivity index (χ1n) is 7.61. The molecule has 3 heteroatoms. The molecule has 4 atom stereocenters. The topological polar surface area (TPSA) is 32.3 Å². The molecule has 0 aromatic heterocycles. The number of hydrogen-bond acceptors (Lipinski definition) is 2. The van der Waals surface area contributed by atoms with Gasteiger partial charge in [0, 0.05) is 6.54 Å². The molecule has 0 spiro atoms. The summed E-state index contributed by atoms with van der Waals surface area (Å²) in [6.07, 6.45) is 1.31. The molecule has 4 unspecified atom stereocenters. The van der Waals surface area contributed by atoms with Gasteiger partial charge in [-0.1, -0.05) is 30.7 Å². The van der Waals surface area contributed by atoms with Crippen molar-refractivity contribution in [1.82, 2.24) is 10.2 Å². The molecule has 0 bridgehead atoms. The first kappa shape index (κ1) is 13.6. The number of rotatable bonds is 3. The highest BCUT2D eigenvalue weighted by atomic mass is 16.2. The molecule has 1 saturated carbocycles. The normalized spacial score (nSPS) is 32.8. The van der Waals surface area contributed by atoms with Crippen LogP contribution < -0.4 is 5.32 Å². The van der Waals surface area contributed by atoms with Gasteiger partial charge in [-0.15, -0.1) is 0 Å². The Morgan fingerprint density at radius 2 is 2.00 bits per heavy atom. The van der Waals surface area contributed by atoms with Crippen LogP contribution in [0, 0.1) is 25.7 Å². The van der Waals surface area contributed by atoms with E-state index in [1.165, 1.54) is 23.1 Å². The lowest BCUT2D eigenvalue weighted by Crippen LogP contribution is -2.33. The SMILES string of the molecule is Cc1ccc(C)c(C2NC(C)C(=O)N2CC2CC2C)c1. The van der Waals surface area contributed by atoms with E-state index in [4.69, 9.17) is 0 Å². The third-order valence-electron chi connectivity index (χ3n) is 4.81. The third kappa shape index (κ3) is 2.35. The van der Waals surface area contributed by atoms with Crippen LogP contribution in [0.2, 0.25) is 0 Å². The predicted octanol–water partition coefficient (Wildman–Crippen LogP) is 2.78. The van der Waals surface area contributed by atoms with Crippen LogP contribution in [0.15, 0.2) is 18.2 Å². The molecule has 2 fully saturated rings. The van der Waals surface area contributed by atoms with Gasteiger partial charge in [0.25, 0.3) is 0 Å². The van der Waals surface area contributed by atoms with Crippen molar-refractivity contribution < 1.29 is 4.79 Å². The fourth-order valence-corrected chi connectivity index (χ4v) is 3.19. The highest BCUT2D eigenvalue weighted by molar-refractivity contribution is 5.84. The summed E-state index contributed by atoms with van der Waals surface area (Å²) in [7, 11) is 0. The predicted molar refractivity (Wildman–Crippen MR) is 80.2 cm³/mol. The average molecular weight is 272 g/mol. The summed E-state index contributed by atoms with van der Waals surface area (Å²) in [6, 6.07) is 6.42. The molecule has 1 saturated heterocycles. The lowest BCUT2D eigenvalue weighted by molar-refractivity contribution is -0.130. The highest BCUT2D eigenvalue weighted by Crippen LogP contribution is 2.40. The van der Waals surface area contributed by atoms with Crippen molar-refractivity contribution in [2.45, 2.75) is 46.3 Å². The molecule has 1 N–H and O–H groups in total. The number of carbonyl (C=O) groups excluding carboxylic acids is 1. The fraction of sp³-hybridized carbons (Fsp3) is 0.588. The monoisotopic (exact) mass is 272 g/mol. The molecule has 1 aromatic rings. The minimum absolute atomic E-state index is 0.0465. The molecule has 1 aliphatic carbocycles. The molecule has 3 rings (SSSR count). The Morgan fingerprint density at radius 1 is 1.30 bits per heavy atom. The van der Waals surface area contributed by atoms with Gasteiger partial charge < -0.3 is 4.90 Å². The number of hydrogen-bond donors (Lipinski definition) is 1. The Kier molecular flexibility index (Phi) is 3.33. The van der Waals surface area contributed by atoms with E-state index in [9.17, 15) is 4.79 Å². The van der Waals surface area contributed by atoms with E-state index in [-0.39, 0.29) is 18.1 Å². The van der Waals surface area contributed by atoms with E-state index < -0.39 is 0 Å². The molecule has 1 aromatic carbocycles. The summed E-state index contributed by atoms with van der Waals surface area (Å²) in [6.45, 7) is 9.37. The maximum atomic E-state index is 12.4. The second-order valence-corrected chi connectivity index (χ2v) is 6.61. The van der Waals surface area contributed by atoms with Gasteiger partial charge in [0.15, 0.2) is 0 Å². The summed E-state index contributed by atoms with van der Waals surface area (Å²) in [4.78, 5) is 14.5. The van der Waals surface area contributed by atoms with Crippen LogP contribution in [0.5, 0.6) is 0 Å². The number of benzene rings is 1. The van der Waals surface area contributed by atoms with E-state index in [0.717, 1.165) is 12.5 Å². The molecule has 1 heterocycles. The molecule has 108 valence electrons. The van der Waals surface area contributed by atoms with Crippen LogP contribution >= 0.6 is 0 Å². The summed E-state index contributed by atoms with van der Waals surface area (Å²) in [5.74, 6) is 1.71. The number of aryl methyl sites for hydroxylation is 2. The van der Waals surface area contributed by atoms with E-state index in [2.05, 4.69) is 49.2 Å². The van der Waals surface area contributed by atoms with Crippen LogP contribution in [0.1, 0.15) is 43.1 Å². The molecule has 1 aliphatic heterocycles. The van der Waals surface area contributed by atoms with Gasteiger partial charge in [-0.25, -0.2) is 0 Å². The molecule has 3 nitrogen and oxygen atoms in total. The Labute approximate surface area is 121 Å². The quantitative estimate of drug-likeness (QED) is 0.917. The Bertz CT molecular complexity index is 540. The van der Waals surface area contributed by atoms with Crippen molar-refractivity contribution >= 4 is 5.91 Å². The maximum absolute atomic E-state index is 12.4. The third-order valence-corrected chi connectivity index (χ3v) is 4.81. The van der Waals surface area contributed by atoms with Crippen LogP contribution in [-0.4, -0.2) is 23.4 Å². The first-order valence-corrected chi connectivity index (χ1v) is 7.61. The summed E-state index contributed by atoms with van der Waals surface area (Å²) < 4.78 is 0. The summed E-state index contributed by atoms with van der Waals surface area (Å²) >= 11 is 0. The lowest BCUT2D eigenvalue weighted by atomic mass is 10.0. The van der Waals surface area contributed by atoms with Crippen LogP contribution in [0.25, 0.3) is 0 Å². The van der Waals surface area contributed by atoms with Crippen molar-refractivity contribution in [3.05, 3.63) is 34.9 Å². The van der Waals surface area contributed by atoms with E-state index >= 15 is 0 Å². The van der Waals surface area contributed by atoms with Gasteiger partial charge in [-0.05, 0) is 50.2 Å². The van der Waals surface area contributed by atoms with Gasteiger partial charge in [0.2, 0.25) is 5.91 Å². The van der Waals surface area contributed by atoms with Crippen molar-refractivity contribution in [3.8, 4) is 0 Å². The standard InChI is InChI=1S/C17H24N2O/c1-10-5-6-11(2)15(7-10)16-18-13(4)17(20)19(16)9-14-8-12(14)3/h5-7,12-14,16,18H,8-9H2,1-4H3. The van der Waals surface area contributed by atoms with Gasteiger partial charge in [0.1, 0.15) is 6.17 Å². The summed E-state index contributed by atoms with van der Waals surface area (Å²) in [5, 5.41) is 3.46. The van der Waals surface area contributed by atoms with Gasteiger partial charge in [-0.2, -0.15) is 0 Å². The van der Waals surface area contributed by atoms with E-state index in [0.29, 0.717) is 5.92 Å². The zero-order valence-electron chi connectivity index (χ0n) is 12.8. The Balaban J connectivity index is 1.89. The van der Waals surface area contributed by atoms with Crippen molar-refractivity contribution in [2.75, 3.05) is 6.54 Å². The van der Waals surface area contributed by atoms with Crippen LogP contribution in [0.4, 0.5) is 0 Å². The molecular weight excluding hydrogens is 248 g/mol. The first-order chi connectivity index (χ1) is 9.47. The maximum Gasteiger partial charge on any atom is 0.241 e. The molecule has 1 amide bonds. The number of carbonyl (C=O) groups is 1. The Hall–Kier alpha value is -1.35. The largest absolute Gasteiger partial charge is 0.321 e. The van der Waals surface area contributed by atoms with Crippen LogP contribution in [-0.2, 0) is 4.79 Å². The average Bonchev–Trinajstić information content (AvgIpc) is 3.03. The minimum atomic E-state index is -0.0750. The lowest BCUT2D eigenvalue weighted by Gasteiger charge is -2.26. The smallest absolute Gasteiger partial charge is 0.241 e.